The van der Waals surface area contributed by atoms with Crippen molar-refractivity contribution in [1.82, 2.24) is 15.3 Å². The highest BCUT2D eigenvalue weighted by Crippen LogP contribution is 2.03. The summed E-state index contributed by atoms with van der Waals surface area (Å²) < 4.78 is 0. The standard InChI is InChI=1S/C13H12N4O/c14-5-3-11-8-10(4-7-16-11)13(18)17-9-12-2-1-6-15-12/h1-2,4,6-8,15H,3,9H2,(H,17,18). The number of aromatic amines is 1. The summed E-state index contributed by atoms with van der Waals surface area (Å²) in [4.78, 5) is 18.9. The fourth-order valence-electron chi connectivity index (χ4n) is 1.55. The minimum absolute atomic E-state index is 0.175. The second-order valence-electron chi connectivity index (χ2n) is 3.75. The number of carbonyl (C=O) groups excluding carboxylic acids is 1. The van der Waals surface area contributed by atoms with Gasteiger partial charge in [0.2, 0.25) is 0 Å². The Morgan fingerprint density at radius 2 is 2.39 bits per heavy atom. The lowest BCUT2D eigenvalue weighted by Gasteiger charge is -2.04. The molecule has 1 amide bonds. The number of H-pyrrole nitrogens is 1. The van der Waals surface area contributed by atoms with Gasteiger partial charge in [0.15, 0.2) is 0 Å². The van der Waals surface area contributed by atoms with Crippen molar-refractivity contribution in [1.29, 1.82) is 5.26 Å². The Bertz CT molecular complexity index is 569. The molecule has 2 aromatic rings. The molecule has 5 nitrogen and oxygen atoms in total. The summed E-state index contributed by atoms with van der Waals surface area (Å²) in [5.74, 6) is -0.175. The Morgan fingerprint density at radius 1 is 1.50 bits per heavy atom. The van der Waals surface area contributed by atoms with E-state index < -0.39 is 0 Å². The van der Waals surface area contributed by atoms with Crippen LogP contribution in [0.4, 0.5) is 0 Å². The third-order valence-corrected chi connectivity index (χ3v) is 2.44. The van der Waals surface area contributed by atoms with E-state index >= 15 is 0 Å². The minimum Gasteiger partial charge on any atom is -0.364 e. The molecule has 0 saturated heterocycles. The number of carbonyl (C=O) groups is 1. The summed E-state index contributed by atoms with van der Waals surface area (Å²) in [6, 6.07) is 9.04. The Hall–Kier alpha value is -2.61. The van der Waals surface area contributed by atoms with Crippen molar-refractivity contribution in [3.63, 3.8) is 0 Å². The van der Waals surface area contributed by atoms with Gasteiger partial charge in [0.1, 0.15) is 0 Å². The van der Waals surface area contributed by atoms with Crippen LogP contribution in [0.25, 0.3) is 0 Å². The number of pyridine rings is 1. The second-order valence-corrected chi connectivity index (χ2v) is 3.75. The van der Waals surface area contributed by atoms with Crippen LogP contribution >= 0.6 is 0 Å². The molecule has 5 heteroatoms. The van der Waals surface area contributed by atoms with E-state index in [1.165, 1.54) is 6.20 Å². The predicted octanol–water partition coefficient (Wildman–Crippen LogP) is 1.41. The molecule has 0 bridgehead atoms. The number of amides is 1. The van der Waals surface area contributed by atoms with Crippen LogP contribution in [0, 0.1) is 11.3 Å². The van der Waals surface area contributed by atoms with Gasteiger partial charge in [0.05, 0.1) is 24.7 Å². The SMILES string of the molecule is N#CCc1cc(C(=O)NCc2ccc[nH]2)ccn1. The van der Waals surface area contributed by atoms with Crippen LogP contribution in [-0.4, -0.2) is 15.9 Å². The summed E-state index contributed by atoms with van der Waals surface area (Å²) in [6.45, 7) is 0.446. The zero-order valence-electron chi connectivity index (χ0n) is 9.68. The smallest absolute Gasteiger partial charge is 0.251 e. The van der Waals surface area contributed by atoms with E-state index in [1.807, 2.05) is 18.2 Å². The second kappa shape index (κ2) is 5.64. The van der Waals surface area contributed by atoms with Crippen LogP contribution in [0.2, 0.25) is 0 Å². The van der Waals surface area contributed by atoms with Gasteiger partial charge in [-0.1, -0.05) is 0 Å². The van der Waals surface area contributed by atoms with E-state index in [0.29, 0.717) is 17.8 Å². The average molecular weight is 240 g/mol. The summed E-state index contributed by atoms with van der Waals surface area (Å²) in [6.07, 6.45) is 3.55. The van der Waals surface area contributed by atoms with E-state index in [2.05, 4.69) is 15.3 Å². The fourth-order valence-corrected chi connectivity index (χ4v) is 1.55. The lowest BCUT2D eigenvalue weighted by atomic mass is 10.2. The van der Waals surface area contributed by atoms with Gasteiger partial charge in [-0.25, -0.2) is 0 Å². The van der Waals surface area contributed by atoms with Crippen molar-refractivity contribution >= 4 is 5.91 Å². The first-order valence-corrected chi connectivity index (χ1v) is 5.52. The third kappa shape index (κ3) is 2.95. The highest BCUT2D eigenvalue weighted by atomic mass is 16.1. The van der Waals surface area contributed by atoms with Gasteiger partial charge < -0.3 is 10.3 Å². The zero-order valence-corrected chi connectivity index (χ0v) is 9.68. The van der Waals surface area contributed by atoms with E-state index in [1.54, 1.807) is 18.3 Å². The van der Waals surface area contributed by atoms with Crippen molar-refractivity contribution in [3.05, 3.63) is 53.6 Å². The van der Waals surface area contributed by atoms with Gasteiger partial charge in [-0.3, -0.25) is 9.78 Å². The lowest BCUT2D eigenvalue weighted by molar-refractivity contribution is 0.0950. The molecule has 2 rings (SSSR count). The number of nitriles is 1. The van der Waals surface area contributed by atoms with Gasteiger partial charge in [-0.15, -0.1) is 0 Å². The molecule has 0 aromatic carbocycles. The first kappa shape index (κ1) is 11.9. The topological polar surface area (TPSA) is 81.6 Å². The first-order chi connectivity index (χ1) is 8.79. The van der Waals surface area contributed by atoms with E-state index in [9.17, 15) is 4.79 Å². The molecule has 0 aliphatic rings. The molecule has 0 aliphatic heterocycles. The summed E-state index contributed by atoms with van der Waals surface area (Å²) in [7, 11) is 0. The summed E-state index contributed by atoms with van der Waals surface area (Å²) >= 11 is 0. The van der Waals surface area contributed by atoms with Crippen molar-refractivity contribution < 1.29 is 4.79 Å². The lowest BCUT2D eigenvalue weighted by Crippen LogP contribution is -2.23. The molecule has 0 aliphatic carbocycles. The van der Waals surface area contributed by atoms with Crippen LogP contribution in [0.1, 0.15) is 21.7 Å². The molecule has 90 valence electrons. The maximum absolute atomic E-state index is 11.9. The molecule has 0 radical (unpaired) electrons. The minimum atomic E-state index is -0.175. The van der Waals surface area contributed by atoms with Crippen LogP contribution in [0.5, 0.6) is 0 Å². The van der Waals surface area contributed by atoms with Crippen molar-refractivity contribution in [2.45, 2.75) is 13.0 Å². The molecule has 0 spiro atoms. The van der Waals surface area contributed by atoms with Crippen LogP contribution in [0.15, 0.2) is 36.7 Å². The fraction of sp³-hybridized carbons (Fsp3) is 0.154. The van der Waals surface area contributed by atoms with Crippen molar-refractivity contribution in [2.75, 3.05) is 0 Å². The maximum atomic E-state index is 11.9. The Labute approximate surface area is 104 Å². The summed E-state index contributed by atoms with van der Waals surface area (Å²) in [5.41, 5.74) is 2.06. The monoisotopic (exact) mass is 240 g/mol. The van der Waals surface area contributed by atoms with Gasteiger partial charge in [-0.05, 0) is 24.3 Å². The summed E-state index contributed by atoms with van der Waals surface area (Å²) in [5, 5.41) is 11.4. The number of hydrogen-bond acceptors (Lipinski definition) is 3. The van der Waals surface area contributed by atoms with Crippen molar-refractivity contribution in [3.8, 4) is 6.07 Å². The van der Waals surface area contributed by atoms with Crippen LogP contribution in [-0.2, 0) is 13.0 Å². The molecule has 2 aromatic heterocycles. The molecule has 18 heavy (non-hydrogen) atoms. The zero-order chi connectivity index (χ0) is 12.8. The Kier molecular flexibility index (Phi) is 3.72. The molecular weight excluding hydrogens is 228 g/mol. The third-order valence-electron chi connectivity index (χ3n) is 2.44. The van der Waals surface area contributed by atoms with Crippen molar-refractivity contribution in [2.24, 2.45) is 0 Å². The normalized spacial score (nSPS) is 9.72. The number of nitrogens with zero attached hydrogens (tertiary/aromatic N) is 2. The number of aromatic nitrogens is 2. The molecule has 0 atom stereocenters. The highest BCUT2D eigenvalue weighted by molar-refractivity contribution is 5.94. The predicted molar refractivity (Wildman–Crippen MR) is 65.5 cm³/mol. The van der Waals surface area contributed by atoms with E-state index in [4.69, 9.17) is 5.26 Å². The molecule has 0 fully saturated rings. The maximum Gasteiger partial charge on any atom is 0.251 e. The molecular formula is C13H12N4O. The number of rotatable bonds is 4. The Morgan fingerprint density at radius 3 is 3.11 bits per heavy atom. The first-order valence-electron chi connectivity index (χ1n) is 5.52. The van der Waals surface area contributed by atoms with Gasteiger partial charge in [0.25, 0.3) is 5.91 Å². The quantitative estimate of drug-likeness (QED) is 0.847. The largest absolute Gasteiger partial charge is 0.364 e. The van der Waals surface area contributed by atoms with Crippen LogP contribution < -0.4 is 5.32 Å². The molecule has 2 N–H and O–H groups in total. The molecule has 2 heterocycles. The Balaban J connectivity index is 2.00. The molecule has 0 saturated carbocycles. The average Bonchev–Trinajstić information content (AvgIpc) is 2.90. The van der Waals surface area contributed by atoms with Gasteiger partial charge in [0, 0.05) is 23.7 Å². The number of hydrogen-bond donors (Lipinski definition) is 2. The van der Waals surface area contributed by atoms with Gasteiger partial charge >= 0.3 is 0 Å². The van der Waals surface area contributed by atoms with E-state index in [0.717, 1.165) is 5.69 Å². The number of nitrogens with one attached hydrogen (secondary N) is 2. The molecule has 0 unspecified atom stereocenters. The van der Waals surface area contributed by atoms with Gasteiger partial charge in [-0.2, -0.15) is 5.26 Å². The van der Waals surface area contributed by atoms with E-state index in [-0.39, 0.29) is 12.3 Å². The van der Waals surface area contributed by atoms with Crippen LogP contribution in [0.3, 0.4) is 0 Å². The highest BCUT2D eigenvalue weighted by Gasteiger charge is 2.06.